The summed E-state index contributed by atoms with van der Waals surface area (Å²) in [6.45, 7) is 4.75. The van der Waals surface area contributed by atoms with Crippen molar-refractivity contribution in [2.75, 3.05) is 24.7 Å². The SMILES string of the molecule is COc1cc2ncc(-c3cc(F)c(OC)c(NS(=O)(=O)CC4CC4)c3)n2cc1S(=O)(=O)C(C)(C)C. The molecule has 35 heavy (non-hydrogen) atoms. The van der Waals surface area contributed by atoms with Crippen molar-refractivity contribution < 1.29 is 30.7 Å². The van der Waals surface area contributed by atoms with Gasteiger partial charge in [-0.05, 0) is 51.7 Å². The highest BCUT2D eigenvalue weighted by molar-refractivity contribution is 7.93. The summed E-state index contributed by atoms with van der Waals surface area (Å²) in [5.74, 6) is -0.826. The van der Waals surface area contributed by atoms with Gasteiger partial charge in [0, 0.05) is 17.8 Å². The lowest BCUT2D eigenvalue weighted by molar-refractivity contribution is 0.389. The Bertz CT molecular complexity index is 1500. The summed E-state index contributed by atoms with van der Waals surface area (Å²) in [5, 5.41) is 0. The first-order chi connectivity index (χ1) is 16.3. The number of hydrogen-bond acceptors (Lipinski definition) is 7. The normalized spacial score (nSPS) is 14.8. The highest BCUT2D eigenvalue weighted by Crippen LogP contribution is 2.38. The number of ether oxygens (including phenoxy) is 2. The highest BCUT2D eigenvalue weighted by atomic mass is 32.2. The average molecular weight is 526 g/mol. The van der Waals surface area contributed by atoms with Crippen LogP contribution in [0.4, 0.5) is 10.1 Å². The molecule has 0 aliphatic heterocycles. The quantitative estimate of drug-likeness (QED) is 0.474. The third-order valence-corrected chi connectivity index (χ3v) is 9.79. The first-order valence-electron chi connectivity index (χ1n) is 11.0. The summed E-state index contributed by atoms with van der Waals surface area (Å²) in [6, 6.07) is 4.11. The fourth-order valence-corrected chi connectivity index (χ4v) is 6.56. The van der Waals surface area contributed by atoms with E-state index in [1.54, 1.807) is 20.8 Å². The van der Waals surface area contributed by atoms with E-state index in [0.717, 1.165) is 12.8 Å². The Hall–Kier alpha value is -2.86. The molecule has 0 saturated heterocycles. The second-order valence-corrected chi connectivity index (χ2v) is 14.0. The van der Waals surface area contributed by atoms with E-state index < -0.39 is 30.4 Å². The maximum Gasteiger partial charge on any atom is 0.233 e. The topological polar surface area (TPSA) is 116 Å². The maximum absolute atomic E-state index is 15.0. The van der Waals surface area contributed by atoms with Crippen molar-refractivity contribution in [3.63, 3.8) is 0 Å². The Morgan fingerprint density at radius 3 is 2.37 bits per heavy atom. The van der Waals surface area contributed by atoms with Crippen molar-refractivity contribution >= 4 is 31.2 Å². The smallest absolute Gasteiger partial charge is 0.233 e. The zero-order valence-electron chi connectivity index (χ0n) is 20.1. The van der Waals surface area contributed by atoms with Crippen LogP contribution in [0.3, 0.4) is 0 Å². The number of sulfone groups is 1. The molecule has 0 spiro atoms. The number of imidazole rings is 1. The van der Waals surface area contributed by atoms with E-state index >= 15 is 0 Å². The number of nitrogens with zero attached hydrogens (tertiary/aromatic N) is 2. The van der Waals surface area contributed by atoms with Crippen LogP contribution in [0.5, 0.6) is 11.5 Å². The number of halogens is 1. The van der Waals surface area contributed by atoms with Crippen LogP contribution in [0.1, 0.15) is 33.6 Å². The Labute approximate surface area is 204 Å². The lowest BCUT2D eigenvalue weighted by Crippen LogP contribution is -2.28. The number of hydrogen-bond donors (Lipinski definition) is 1. The van der Waals surface area contributed by atoms with E-state index in [4.69, 9.17) is 9.47 Å². The van der Waals surface area contributed by atoms with Crippen molar-refractivity contribution in [2.24, 2.45) is 5.92 Å². The van der Waals surface area contributed by atoms with Crippen LogP contribution in [0.15, 0.2) is 35.5 Å². The number of pyridine rings is 1. The summed E-state index contributed by atoms with van der Waals surface area (Å²) in [5.41, 5.74) is 0.965. The van der Waals surface area contributed by atoms with Gasteiger partial charge in [-0.2, -0.15) is 0 Å². The zero-order chi connectivity index (χ0) is 25.8. The third-order valence-electron chi connectivity index (χ3n) is 5.85. The molecule has 4 rings (SSSR count). The molecule has 0 bridgehead atoms. The molecule has 1 N–H and O–H groups in total. The second kappa shape index (κ2) is 8.66. The number of fused-ring (bicyclic) bond motifs is 1. The van der Waals surface area contributed by atoms with E-state index in [0.29, 0.717) is 11.3 Å². The molecule has 1 aliphatic carbocycles. The Kier molecular flexibility index (Phi) is 6.25. The summed E-state index contributed by atoms with van der Waals surface area (Å²) in [6.07, 6.45) is 4.53. The first kappa shape index (κ1) is 25.2. The fourth-order valence-electron chi connectivity index (χ4n) is 3.72. The maximum atomic E-state index is 15.0. The van der Waals surface area contributed by atoms with Crippen molar-refractivity contribution in [1.29, 1.82) is 0 Å². The van der Waals surface area contributed by atoms with Crippen LogP contribution >= 0.6 is 0 Å². The molecule has 1 aliphatic rings. The van der Waals surface area contributed by atoms with Gasteiger partial charge in [0.05, 0.1) is 42.3 Å². The van der Waals surface area contributed by atoms with E-state index in [2.05, 4.69) is 9.71 Å². The van der Waals surface area contributed by atoms with Gasteiger partial charge in [-0.1, -0.05) is 0 Å². The number of sulfonamides is 1. The minimum Gasteiger partial charge on any atom is -0.495 e. The third kappa shape index (κ3) is 4.81. The van der Waals surface area contributed by atoms with Crippen molar-refractivity contribution in [1.82, 2.24) is 9.38 Å². The molecule has 12 heteroatoms. The second-order valence-electron chi connectivity index (χ2n) is 9.56. The molecular weight excluding hydrogens is 497 g/mol. The molecule has 1 saturated carbocycles. The zero-order valence-corrected chi connectivity index (χ0v) is 21.8. The molecule has 0 radical (unpaired) electrons. The highest BCUT2D eigenvalue weighted by Gasteiger charge is 2.34. The molecule has 190 valence electrons. The van der Waals surface area contributed by atoms with Gasteiger partial charge < -0.3 is 9.47 Å². The van der Waals surface area contributed by atoms with Crippen molar-refractivity contribution in [2.45, 2.75) is 43.3 Å². The van der Waals surface area contributed by atoms with Gasteiger partial charge in [0.25, 0.3) is 0 Å². The Morgan fingerprint density at radius 2 is 1.80 bits per heavy atom. The summed E-state index contributed by atoms with van der Waals surface area (Å²) < 4.78 is 79.9. The minimum absolute atomic E-state index is 0.0430. The lowest BCUT2D eigenvalue weighted by Gasteiger charge is -2.21. The average Bonchev–Trinajstić information content (AvgIpc) is 3.45. The number of nitrogens with one attached hydrogen (secondary N) is 1. The van der Waals surface area contributed by atoms with Gasteiger partial charge in [0.2, 0.25) is 10.0 Å². The van der Waals surface area contributed by atoms with Crippen molar-refractivity contribution in [3.8, 4) is 22.8 Å². The monoisotopic (exact) mass is 525 g/mol. The van der Waals surface area contributed by atoms with Crippen LogP contribution in [0, 0.1) is 11.7 Å². The van der Waals surface area contributed by atoms with Crippen LogP contribution in [0.25, 0.3) is 16.9 Å². The molecule has 2 heterocycles. The molecule has 0 amide bonds. The molecule has 3 aromatic rings. The molecular formula is C23H28FN3O6S2. The summed E-state index contributed by atoms with van der Waals surface area (Å²) in [7, 11) is -4.90. The van der Waals surface area contributed by atoms with E-state index in [-0.39, 0.29) is 39.3 Å². The molecule has 9 nitrogen and oxygen atoms in total. The molecule has 2 aromatic heterocycles. The summed E-state index contributed by atoms with van der Waals surface area (Å²) in [4.78, 5) is 4.27. The minimum atomic E-state index is -3.80. The standard InChI is InChI=1S/C23H28FN3O6S2/c1-23(2,3)35(30,31)20-12-27-18(11-25-21(27)10-19(20)32-4)15-8-16(24)22(33-5)17(9-15)26-34(28,29)13-14-6-7-14/h8-12,14,26H,6-7,13H2,1-5H3. The van der Waals surface area contributed by atoms with Crippen molar-refractivity contribution in [3.05, 3.63) is 36.4 Å². The van der Waals surface area contributed by atoms with Crippen LogP contribution in [-0.2, 0) is 19.9 Å². The van der Waals surface area contributed by atoms with Gasteiger partial charge in [0.1, 0.15) is 16.3 Å². The van der Waals surface area contributed by atoms with Crippen LogP contribution < -0.4 is 14.2 Å². The number of methoxy groups -OCH3 is 2. The lowest BCUT2D eigenvalue weighted by atomic mass is 10.1. The van der Waals surface area contributed by atoms with E-state index in [9.17, 15) is 21.2 Å². The number of benzene rings is 1. The largest absolute Gasteiger partial charge is 0.495 e. The molecule has 0 atom stereocenters. The van der Waals surface area contributed by atoms with Crippen LogP contribution in [0.2, 0.25) is 0 Å². The van der Waals surface area contributed by atoms with E-state index in [1.165, 1.54) is 49.2 Å². The molecule has 1 aromatic carbocycles. The molecule has 0 unspecified atom stereocenters. The van der Waals surface area contributed by atoms with Gasteiger partial charge in [-0.25, -0.2) is 26.2 Å². The van der Waals surface area contributed by atoms with E-state index in [1.807, 2.05) is 0 Å². The van der Waals surface area contributed by atoms with Gasteiger partial charge in [-0.3, -0.25) is 9.12 Å². The van der Waals surface area contributed by atoms with Gasteiger partial charge in [0.15, 0.2) is 21.4 Å². The Balaban J connectivity index is 1.87. The molecule has 1 fully saturated rings. The van der Waals surface area contributed by atoms with Gasteiger partial charge >= 0.3 is 0 Å². The predicted molar refractivity (Wildman–Crippen MR) is 131 cm³/mol. The number of anilines is 1. The van der Waals surface area contributed by atoms with Gasteiger partial charge in [-0.15, -0.1) is 0 Å². The first-order valence-corrected chi connectivity index (χ1v) is 14.1. The number of aromatic nitrogens is 2. The fraction of sp³-hybridized carbons (Fsp3) is 0.435. The number of rotatable bonds is 8. The predicted octanol–water partition coefficient (Wildman–Crippen LogP) is 3.88. The summed E-state index contributed by atoms with van der Waals surface area (Å²) >= 11 is 0. The van der Waals surface area contributed by atoms with Crippen LogP contribution in [-0.4, -0.2) is 50.9 Å². The Morgan fingerprint density at radius 1 is 1.11 bits per heavy atom.